The summed E-state index contributed by atoms with van der Waals surface area (Å²) in [6.07, 6.45) is -11.5. The summed E-state index contributed by atoms with van der Waals surface area (Å²) in [4.78, 5) is 0. The molecular weight excluding hydrogens is 366 g/mol. The van der Waals surface area contributed by atoms with E-state index in [9.17, 15) is 35.1 Å². The highest BCUT2D eigenvalue weighted by Crippen LogP contribution is 2.46. The number of nitrogens with two attached hydrogens (primary N) is 1. The highest BCUT2D eigenvalue weighted by molar-refractivity contribution is 9.10. The molecule has 2 N–H and O–H groups in total. The first-order valence-electron chi connectivity index (χ1n) is 4.89. The van der Waals surface area contributed by atoms with E-state index in [0.29, 0.717) is 6.07 Å². The summed E-state index contributed by atoms with van der Waals surface area (Å²) < 4.78 is 101. The maximum Gasteiger partial charge on any atom is 0.402 e. The van der Waals surface area contributed by atoms with Gasteiger partial charge in [0.25, 0.3) is 0 Å². The normalized spacial score (nSPS) is 14.8. The van der Waals surface area contributed by atoms with Crippen LogP contribution in [0, 0.1) is 17.6 Å². The molecule has 0 aliphatic heterocycles. The van der Waals surface area contributed by atoms with Gasteiger partial charge in [-0.3, -0.25) is 0 Å². The Morgan fingerprint density at radius 3 is 1.75 bits per heavy atom. The molecule has 1 aromatic rings. The van der Waals surface area contributed by atoms with Gasteiger partial charge in [0.15, 0.2) is 5.92 Å². The molecule has 1 nitrogen and oxygen atoms in total. The van der Waals surface area contributed by atoms with Crippen molar-refractivity contribution in [3.63, 3.8) is 0 Å². The van der Waals surface area contributed by atoms with Crippen LogP contribution in [0.5, 0.6) is 0 Å². The summed E-state index contributed by atoms with van der Waals surface area (Å²) in [5, 5.41) is 0. The third-order valence-corrected chi connectivity index (χ3v) is 3.07. The molecule has 1 rings (SSSR count). The van der Waals surface area contributed by atoms with Crippen molar-refractivity contribution in [2.75, 3.05) is 0 Å². The van der Waals surface area contributed by atoms with Gasteiger partial charge < -0.3 is 5.73 Å². The first kappa shape index (κ1) is 17.2. The molecule has 0 radical (unpaired) electrons. The van der Waals surface area contributed by atoms with E-state index in [1.807, 2.05) is 0 Å². The molecule has 114 valence electrons. The molecule has 1 aromatic carbocycles. The molecule has 0 aliphatic carbocycles. The molecule has 0 heterocycles. The van der Waals surface area contributed by atoms with E-state index in [2.05, 4.69) is 15.9 Å². The Bertz CT molecular complexity index is 481. The maximum absolute atomic E-state index is 13.4. The van der Waals surface area contributed by atoms with Crippen LogP contribution in [0.25, 0.3) is 0 Å². The van der Waals surface area contributed by atoms with Crippen molar-refractivity contribution < 1.29 is 35.1 Å². The van der Waals surface area contributed by atoms with Crippen LogP contribution < -0.4 is 5.73 Å². The molecule has 1 unspecified atom stereocenters. The predicted molar refractivity (Wildman–Crippen MR) is 56.6 cm³/mol. The third-order valence-electron chi connectivity index (χ3n) is 2.46. The van der Waals surface area contributed by atoms with Crippen molar-refractivity contribution in [2.24, 2.45) is 11.7 Å². The van der Waals surface area contributed by atoms with Gasteiger partial charge in [0.1, 0.15) is 11.6 Å². The molecule has 10 heteroatoms. The second kappa shape index (κ2) is 5.47. The van der Waals surface area contributed by atoms with E-state index in [-0.39, 0.29) is 6.07 Å². The fourth-order valence-electron chi connectivity index (χ4n) is 1.57. The molecule has 0 saturated carbocycles. The van der Waals surface area contributed by atoms with Crippen molar-refractivity contribution in [3.8, 4) is 0 Å². The van der Waals surface area contributed by atoms with Crippen LogP contribution in [0.4, 0.5) is 35.1 Å². The highest BCUT2D eigenvalue weighted by Gasteiger charge is 2.60. The lowest BCUT2D eigenvalue weighted by atomic mass is 9.92. The number of rotatable bonds is 2. The number of benzene rings is 1. The third kappa shape index (κ3) is 3.60. The monoisotopic (exact) mass is 371 g/mol. The Hall–Kier alpha value is -0.900. The fraction of sp³-hybridized carbons (Fsp3) is 0.400. The zero-order valence-corrected chi connectivity index (χ0v) is 10.9. The summed E-state index contributed by atoms with van der Waals surface area (Å²) in [6.45, 7) is 0. The van der Waals surface area contributed by atoms with E-state index < -0.39 is 46.0 Å². The minimum Gasteiger partial charge on any atom is -0.323 e. The predicted octanol–water partition coefficient (Wildman–Crippen LogP) is 4.47. The lowest BCUT2D eigenvalue weighted by Crippen LogP contribution is -2.44. The van der Waals surface area contributed by atoms with Crippen LogP contribution in [0.3, 0.4) is 0 Å². The van der Waals surface area contributed by atoms with Gasteiger partial charge in [0.2, 0.25) is 0 Å². The standard InChI is InChI=1S/C10H6BrF8N/c11-4-2-5(12)3(1-6(4)13)7(20)8(9(14,15)16)10(17,18)19/h1-2,7-8H,20H2. The van der Waals surface area contributed by atoms with Crippen LogP contribution in [0.15, 0.2) is 16.6 Å². The van der Waals surface area contributed by atoms with Crippen molar-refractivity contribution in [1.82, 2.24) is 0 Å². The highest BCUT2D eigenvalue weighted by atomic mass is 79.9. The fourth-order valence-corrected chi connectivity index (χ4v) is 1.88. The lowest BCUT2D eigenvalue weighted by Gasteiger charge is -2.28. The second-order valence-corrected chi connectivity index (χ2v) is 4.73. The van der Waals surface area contributed by atoms with Crippen LogP contribution in [0.1, 0.15) is 11.6 Å². The maximum atomic E-state index is 13.4. The Labute approximate surface area is 115 Å². The first-order valence-corrected chi connectivity index (χ1v) is 5.68. The molecule has 1 atom stereocenters. The molecule has 0 bridgehead atoms. The topological polar surface area (TPSA) is 26.0 Å². The zero-order chi connectivity index (χ0) is 15.9. The van der Waals surface area contributed by atoms with E-state index >= 15 is 0 Å². The van der Waals surface area contributed by atoms with Gasteiger partial charge in [0, 0.05) is 5.56 Å². The van der Waals surface area contributed by atoms with Crippen molar-refractivity contribution in [2.45, 2.75) is 18.4 Å². The number of alkyl halides is 6. The Morgan fingerprint density at radius 2 is 1.35 bits per heavy atom. The van der Waals surface area contributed by atoms with E-state index in [1.54, 1.807) is 0 Å². The van der Waals surface area contributed by atoms with Gasteiger partial charge in [-0.1, -0.05) is 0 Å². The van der Waals surface area contributed by atoms with Crippen molar-refractivity contribution >= 4 is 15.9 Å². The molecule has 0 fully saturated rings. The van der Waals surface area contributed by atoms with E-state index in [1.165, 1.54) is 0 Å². The molecule has 0 aliphatic rings. The average molecular weight is 372 g/mol. The molecule has 0 aromatic heterocycles. The minimum absolute atomic E-state index is 0.203. The molecule has 0 amide bonds. The summed E-state index contributed by atoms with van der Waals surface area (Å²) in [5.74, 6) is -6.69. The minimum atomic E-state index is -5.74. The summed E-state index contributed by atoms with van der Waals surface area (Å²) >= 11 is 2.55. The molecule has 20 heavy (non-hydrogen) atoms. The Balaban J connectivity index is 3.34. The van der Waals surface area contributed by atoms with Crippen LogP contribution in [-0.4, -0.2) is 12.4 Å². The zero-order valence-electron chi connectivity index (χ0n) is 9.29. The van der Waals surface area contributed by atoms with Crippen molar-refractivity contribution in [3.05, 3.63) is 33.8 Å². The molecular formula is C10H6BrF8N. The van der Waals surface area contributed by atoms with Crippen LogP contribution in [0.2, 0.25) is 0 Å². The van der Waals surface area contributed by atoms with Crippen LogP contribution in [-0.2, 0) is 0 Å². The van der Waals surface area contributed by atoms with E-state index in [0.717, 1.165) is 0 Å². The van der Waals surface area contributed by atoms with Gasteiger partial charge in [-0.25, -0.2) is 8.78 Å². The number of halogens is 9. The number of hydrogen-bond acceptors (Lipinski definition) is 1. The quantitative estimate of drug-likeness (QED) is 0.602. The van der Waals surface area contributed by atoms with Gasteiger partial charge in [-0.15, -0.1) is 0 Å². The van der Waals surface area contributed by atoms with E-state index in [4.69, 9.17) is 5.73 Å². The first-order chi connectivity index (χ1) is 8.85. The molecule has 0 saturated heterocycles. The lowest BCUT2D eigenvalue weighted by molar-refractivity contribution is -0.290. The van der Waals surface area contributed by atoms with Gasteiger partial charge in [0.05, 0.1) is 10.5 Å². The number of hydrogen-bond donors (Lipinski definition) is 1. The Morgan fingerprint density at radius 1 is 0.900 bits per heavy atom. The largest absolute Gasteiger partial charge is 0.402 e. The average Bonchev–Trinajstić information content (AvgIpc) is 2.18. The van der Waals surface area contributed by atoms with Crippen molar-refractivity contribution in [1.29, 1.82) is 0 Å². The van der Waals surface area contributed by atoms with Gasteiger partial charge >= 0.3 is 12.4 Å². The SMILES string of the molecule is NC(c1cc(F)c(Br)cc1F)C(C(F)(F)F)C(F)(F)F. The molecule has 0 spiro atoms. The van der Waals surface area contributed by atoms with Gasteiger partial charge in [-0.05, 0) is 28.1 Å². The summed E-state index contributed by atoms with van der Waals surface area (Å²) in [6, 6.07) is -2.19. The summed E-state index contributed by atoms with van der Waals surface area (Å²) in [7, 11) is 0. The van der Waals surface area contributed by atoms with Crippen LogP contribution >= 0.6 is 15.9 Å². The summed E-state index contributed by atoms with van der Waals surface area (Å²) in [5.41, 5.74) is 3.67. The van der Waals surface area contributed by atoms with Gasteiger partial charge in [-0.2, -0.15) is 26.3 Å². The second-order valence-electron chi connectivity index (χ2n) is 3.87. The Kier molecular flexibility index (Phi) is 4.69. The smallest absolute Gasteiger partial charge is 0.323 e.